The van der Waals surface area contributed by atoms with Crippen LogP contribution in [0.25, 0.3) is 0 Å². The molecule has 140 valence electrons. The van der Waals surface area contributed by atoms with Gasteiger partial charge in [-0.05, 0) is 12.5 Å². The molecule has 1 aromatic rings. The molecule has 8 nitrogen and oxygen atoms in total. The Morgan fingerprint density at radius 1 is 1.22 bits per heavy atom. The number of allylic oxidation sites excluding steroid dienone is 3. The molecular weight excluding hydrogens is 352 g/mol. The summed E-state index contributed by atoms with van der Waals surface area (Å²) in [6, 6.07) is 3.79. The van der Waals surface area contributed by atoms with Crippen LogP contribution in [0.5, 0.6) is 23.0 Å². The van der Waals surface area contributed by atoms with E-state index in [0.29, 0.717) is 59.2 Å². The average Bonchev–Trinajstić information content (AvgIpc) is 3.13. The summed E-state index contributed by atoms with van der Waals surface area (Å²) in [4.78, 5) is 12.7. The number of nitrogens with two attached hydrogens (primary N) is 1. The molecule has 0 saturated carbocycles. The van der Waals surface area contributed by atoms with Crippen LogP contribution in [0, 0.1) is 11.3 Å². The number of benzene rings is 1. The van der Waals surface area contributed by atoms with Gasteiger partial charge in [0.15, 0.2) is 17.3 Å². The van der Waals surface area contributed by atoms with Crippen molar-refractivity contribution in [3.8, 4) is 29.1 Å². The first kappa shape index (κ1) is 17.1. The number of nitrogens with zero attached hydrogens (tertiary/aromatic N) is 1. The summed E-state index contributed by atoms with van der Waals surface area (Å²) in [6.45, 7) is 0.0437. The fraction of sp³-hybridized carbons (Fsp3) is 0.368. The minimum Gasteiger partial charge on any atom is -0.492 e. The van der Waals surface area contributed by atoms with E-state index in [1.807, 2.05) is 0 Å². The summed E-state index contributed by atoms with van der Waals surface area (Å²) in [7, 11) is 2.97. The zero-order chi connectivity index (χ0) is 19.1. The van der Waals surface area contributed by atoms with E-state index in [9.17, 15) is 10.1 Å². The molecule has 3 aliphatic rings. The SMILES string of the molecule is COc1c([C@H]2C(C#N)=C(N)OC3=C2C(=O)CCC3)cc2c(c1OC)OCO2. The summed E-state index contributed by atoms with van der Waals surface area (Å²) < 4.78 is 27.6. The van der Waals surface area contributed by atoms with E-state index < -0.39 is 5.92 Å². The van der Waals surface area contributed by atoms with Gasteiger partial charge in [-0.3, -0.25) is 4.79 Å². The van der Waals surface area contributed by atoms with E-state index in [0.717, 1.165) is 0 Å². The van der Waals surface area contributed by atoms with Gasteiger partial charge in [0.05, 0.1) is 20.1 Å². The van der Waals surface area contributed by atoms with Crippen LogP contribution in [-0.2, 0) is 9.53 Å². The zero-order valence-electron chi connectivity index (χ0n) is 15.0. The molecule has 0 bridgehead atoms. The molecule has 0 unspecified atom stereocenters. The number of nitriles is 1. The van der Waals surface area contributed by atoms with Crippen molar-refractivity contribution in [2.75, 3.05) is 21.0 Å². The van der Waals surface area contributed by atoms with Gasteiger partial charge in [0, 0.05) is 24.0 Å². The second-order valence-corrected chi connectivity index (χ2v) is 6.30. The number of hydrogen-bond donors (Lipinski definition) is 1. The molecule has 2 N–H and O–H groups in total. The third kappa shape index (κ3) is 2.46. The van der Waals surface area contributed by atoms with Gasteiger partial charge in [0.1, 0.15) is 17.4 Å². The lowest BCUT2D eigenvalue weighted by atomic mass is 9.77. The second-order valence-electron chi connectivity index (χ2n) is 6.30. The normalized spacial score (nSPS) is 20.8. The third-order valence-corrected chi connectivity index (χ3v) is 4.93. The number of ketones is 1. The van der Waals surface area contributed by atoms with Gasteiger partial charge >= 0.3 is 0 Å². The van der Waals surface area contributed by atoms with Crippen LogP contribution in [0.4, 0.5) is 0 Å². The number of fused-ring (bicyclic) bond motifs is 1. The number of methoxy groups -OCH3 is 2. The van der Waals surface area contributed by atoms with Crippen molar-refractivity contribution in [3.05, 3.63) is 34.4 Å². The maximum Gasteiger partial charge on any atom is 0.231 e. The van der Waals surface area contributed by atoms with Gasteiger partial charge in [-0.1, -0.05) is 0 Å². The van der Waals surface area contributed by atoms with Crippen LogP contribution in [0.15, 0.2) is 28.9 Å². The highest BCUT2D eigenvalue weighted by molar-refractivity contribution is 5.99. The fourth-order valence-electron chi connectivity index (χ4n) is 3.79. The van der Waals surface area contributed by atoms with Crippen molar-refractivity contribution in [2.24, 2.45) is 5.73 Å². The molecular formula is C19H18N2O6. The van der Waals surface area contributed by atoms with Crippen LogP contribution in [0.1, 0.15) is 30.7 Å². The summed E-state index contributed by atoms with van der Waals surface area (Å²) in [6.07, 6.45) is 1.66. The van der Waals surface area contributed by atoms with Crippen molar-refractivity contribution in [1.29, 1.82) is 5.26 Å². The lowest BCUT2D eigenvalue weighted by molar-refractivity contribution is -0.116. The maximum atomic E-state index is 12.7. The number of hydrogen-bond acceptors (Lipinski definition) is 8. The van der Waals surface area contributed by atoms with E-state index >= 15 is 0 Å². The van der Waals surface area contributed by atoms with Crippen LogP contribution in [0.2, 0.25) is 0 Å². The number of carbonyl (C=O) groups is 1. The Morgan fingerprint density at radius 2 is 2.00 bits per heavy atom. The van der Waals surface area contributed by atoms with Crippen molar-refractivity contribution >= 4 is 5.78 Å². The number of ether oxygens (including phenoxy) is 5. The lowest BCUT2D eigenvalue weighted by Crippen LogP contribution is -2.27. The Morgan fingerprint density at radius 3 is 2.70 bits per heavy atom. The van der Waals surface area contributed by atoms with Crippen LogP contribution in [0.3, 0.4) is 0 Å². The van der Waals surface area contributed by atoms with Gasteiger partial charge < -0.3 is 29.4 Å². The van der Waals surface area contributed by atoms with E-state index in [4.69, 9.17) is 29.4 Å². The minimum absolute atomic E-state index is 0.00497. The maximum absolute atomic E-state index is 12.7. The summed E-state index contributed by atoms with van der Waals surface area (Å²) >= 11 is 0. The van der Waals surface area contributed by atoms with E-state index in [-0.39, 0.29) is 24.0 Å². The highest BCUT2D eigenvalue weighted by Crippen LogP contribution is 2.54. The molecule has 1 aliphatic carbocycles. The van der Waals surface area contributed by atoms with Gasteiger partial charge in [-0.25, -0.2) is 0 Å². The van der Waals surface area contributed by atoms with Gasteiger partial charge in [-0.15, -0.1) is 0 Å². The molecule has 27 heavy (non-hydrogen) atoms. The van der Waals surface area contributed by atoms with Crippen LogP contribution >= 0.6 is 0 Å². The van der Waals surface area contributed by atoms with E-state index in [1.54, 1.807) is 6.07 Å². The largest absolute Gasteiger partial charge is 0.492 e. The number of Topliss-reactive ketones (excluding diaryl/α,β-unsaturated/α-hetero) is 1. The second kappa shape index (κ2) is 6.43. The Kier molecular flexibility index (Phi) is 4.07. The van der Waals surface area contributed by atoms with E-state index in [2.05, 4.69) is 6.07 Å². The first-order valence-electron chi connectivity index (χ1n) is 8.49. The Hall–Kier alpha value is -3.34. The summed E-state index contributed by atoms with van der Waals surface area (Å²) in [5.41, 5.74) is 7.14. The standard InChI is InChI=1S/C19H18N2O6/c1-23-16-9(6-13-17(18(16)24-2)26-8-25-13)14-10(7-20)19(21)27-12-5-3-4-11(22)15(12)14/h6,14H,3-5,8,21H2,1-2H3/t14-/m0/s1. The van der Waals surface area contributed by atoms with Crippen LogP contribution in [-0.4, -0.2) is 26.8 Å². The highest BCUT2D eigenvalue weighted by atomic mass is 16.7. The lowest BCUT2D eigenvalue weighted by Gasteiger charge is -2.31. The summed E-state index contributed by atoms with van der Waals surface area (Å²) in [5.74, 6) is 1.29. The Labute approximate surface area is 155 Å². The first-order chi connectivity index (χ1) is 13.1. The molecule has 0 radical (unpaired) electrons. The molecule has 0 aromatic heterocycles. The van der Waals surface area contributed by atoms with E-state index in [1.165, 1.54) is 14.2 Å². The zero-order valence-corrected chi connectivity index (χ0v) is 15.0. The van der Waals surface area contributed by atoms with Gasteiger partial charge in [0.2, 0.25) is 24.2 Å². The first-order valence-corrected chi connectivity index (χ1v) is 8.49. The van der Waals surface area contributed by atoms with Gasteiger partial charge in [-0.2, -0.15) is 5.26 Å². The molecule has 1 atom stereocenters. The van der Waals surface area contributed by atoms with Crippen molar-refractivity contribution in [2.45, 2.75) is 25.2 Å². The van der Waals surface area contributed by atoms with Crippen molar-refractivity contribution < 1.29 is 28.5 Å². The number of carbonyl (C=O) groups excluding carboxylic acids is 1. The molecule has 8 heteroatoms. The molecule has 2 heterocycles. The predicted octanol–water partition coefficient (Wildman–Crippen LogP) is 2.25. The molecule has 0 saturated heterocycles. The smallest absolute Gasteiger partial charge is 0.231 e. The minimum atomic E-state index is -0.718. The molecule has 0 amide bonds. The van der Waals surface area contributed by atoms with Gasteiger partial charge in [0.25, 0.3) is 0 Å². The van der Waals surface area contributed by atoms with Crippen molar-refractivity contribution in [1.82, 2.24) is 0 Å². The Bertz CT molecular complexity index is 940. The molecule has 1 aromatic carbocycles. The topological polar surface area (TPSA) is 113 Å². The molecule has 2 aliphatic heterocycles. The molecule has 0 fully saturated rings. The van der Waals surface area contributed by atoms with Crippen LogP contribution < -0.4 is 24.7 Å². The molecule has 4 rings (SSSR count). The quantitative estimate of drug-likeness (QED) is 0.862. The predicted molar refractivity (Wildman–Crippen MR) is 92.2 cm³/mol. The molecule has 0 spiro atoms. The monoisotopic (exact) mass is 370 g/mol. The average molecular weight is 370 g/mol. The summed E-state index contributed by atoms with van der Waals surface area (Å²) in [5, 5.41) is 9.72. The fourth-order valence-corrected chi connectivity index (χ4v) is 3.79. The number of rotatable bonds is 3. The van der Waals surface area contributed by atoms with Crippen molar-refractivity contribution in [3.63, 3.8) is 0 Å². The third-order valence-electron chi connectivity index (χ3n) is 4.93. The Balaban J connectivity index is 2.00. The highest BCUT2D eigenvalue weighted by Gasteiger charge is 2.41.